The van der Waals surface area contributed by atoms with Crippen molar-refractivity contribution in [3.05, 3.63) is 11.6 Å². The van der Waals surface area contributed by atoms with Crippen molar-refractivity contribution in [3.8, 4) is 0 Å². The van der Waals surface area contributed by atoms with Crippen molar-refractivity contribution in [1.29, 1.82) is 0 Å². The van der Waals surface area contributed by atoms with Crippen molar-refractivity contribution >= 4 is 5.97 Å². The van der Waals surface area contributed by atoms with E-state index in [1.807, 2.05) is 0 Å². The molecule has 4 aliphatic carbocycles. The number of hydrogen-bond donors (Lipinski definition) is 2. The monoisotopic (exact) mass is 488 g/mol. The van der Waals surface area contributed by atoms with E-state index in [1.54, 1.807) is 13.8 Å². The van der Waals surface area contributed by atoms with E-state index in [2.05, 4.69) is 26.8 Å². The molecular formula is C29H44O6. The van der Waals surface area contributed by atoms with Gasteiger partial charge in [0.15, 0.2) is 0 Å². The molecule has 35 heavy (non-hydrogen) atoms. The quantitative estimate of drug-likeness (QED) is 0.439. The summed E-state index contributed by atoms with van der Waals surface area (Å²) in [6.45, 7) is 11.9. The Morgan fingerprint density at radius 3 is 2.60 bits per heavy atom. The van der Waals surface area contributed by atoms with Gasteiger partial charge in [-0.05, 0) is 94.3 Å². The fraction of sp³-hybridized carbons (Fsp3) is 0.897. The van der Waals surface area contributed by atoms with Crippen LogP contribution < -0.4 is 0 Å². The Kier molecular flexibility index (Phi) is 5.11. The van der Waals surface area contributed by atoms with Gasteiger partial charge in [0.25, 0.3) is 0 Å². The topological polar surface area (TPSA) is 85.2 Å². The van der Waals surface area contributed by atoms with Gasteiger partial charge in [0.2, 0.25) is 5.79 Å². The molecule has 0 amide bonds. The van der Waals surface area contributed by atoms with E-state index in [0.717, 1.165) is 38.5 Å². The molecule has 2 heterocycles. The molecule has 0 radical (unpaired) electrons. The highest BCUT2D eigenvalue weighted by Gasteiger charge is 2.76. The molecule has 6 heteroatoms. The van der Waals surface area contributed by atoms with Gasteiger partial charge in [0, 0.05) is 19.3 Å². The minimum absolute atomic E-state index is 0.0188. The number of esters is 1. The zero-order valence-corrected chi connectivity index (χ0v) is 22.3. The summed E-state index contributed by atoms with van der Waals surface area (Å²) in [5.41, 5.74) is -0.223. The fourth-order valence-corrected chi connectivity index (χ4v) is 10.1. The Labute approximate surface area is 209 Å². The highest BCUT2D eigenvalue weighted by Crippen LogP contribution is 2.72. The summed E-state index contributed by atoms with van der Waals surface area (Å²) < 4.78 is 19.4. The van der Waals surface area contributed by atoms with E-state index in [9.17, 15) is 15.0 Å². The first-order valence-electron chi connectivity index (χ1n) is 13.9. The molecular weight excluding hydrogens is 444 g/mol. The molecule has 3 saturated carbocycles. The largest absolute Gasteiger partial charge is 0.459 e. The Morgan fingerprint density at radius 1 is 1.17 bits per heavy atom. The third-order valence-corrected chi connectivity index (χ3v) is 11.8. The van der Waals surface area contributed by atoms with E-state index >= 15 is 0 Å². The van der Waals surface area contributed by atoms with Crippen LogP contribution in [0, 0.1) is 34.5 Å². The molecule has 6 aliphatic rings. The molecule has 2 N–H and O–H groups in total. The predicted molar refractivity (Wildman–Crippen MR) is 130 cm³/mol. The number of hydrogen-bond acceptors (Lipinski definition) is 6. The summed E-state index contributed by atoms with van der Waals surface area (Å²) in [5, 5.41) is 21.5. The summed E-state index contributed by atoms with van der Waals surface area (Å²) >= 11 is 0. The lowest BCUT2D eigenvalue weighted by Crippen LogP contribution is -2.64. The summed E-state index contributed by atoms with van der Waals surface area (Å²) in [6, 6.07) is 0. The molecule has 2 bridgehead atoms. The molecule has 0 unspecified atom stereocenters. The first-order valence-corrected chi connectivity index (χ1v) is 13.9. The van der Waals surface area contributed by atoms with E-state index in [0.29, 0.717) is 24.2 Å². The van der Waals surface area contributed by atoms with E-state index in [1.165, 1.54) is 18.9 Å². The van der Waals surface area contributed by atoms with Crippen LogP contribution in [-0.2, 0) is 19.0 Å². The third kappa shape index (κ3) is 3.12. The Bertz CT molecular complexity index is 953. The second-order valence-corrected chi connectivity index (χ2v) is 14.0. The molecule has 6 rings (SSSR count). The normalized spacial score (nSPS) is 54.7. The second-order valence-electron chi connectivity index (χ2n) is 14.0. The van der Waals surface area contributed by atoms with Crippen molar-refractivity contribution in [3.63, 3.8) is 0 Å². The molecule has 2 saturated heterocycles. The molecule has 196 valence electrons. The lowest BCUT2D eigenvalue weighted by atomic mass is 9.46. The molecule has 2 aliphatic heterocycles. The first-order chi connectivity index (χ1) is 16.2. The molecule has 0 aromatic heterocycles. The molecule has 0 aromatic rings. The smallest absolute Gasteiger partial charge is 0.303 e. The number of fused-ring (bicyclic) bond motifs is 10. The van der Waals surface area contributed by atoms with Gasteiger partial charge >= 0.3 is 5.97 Å². The van der Waals surface area contributed by atoms with E-state index < -0.39 is 23.1 Å². The average Bonchev–Trinajstić information content (AvgIpc) is 3.17. The Hall–Kier alpha value is -0.950. The maximum atomic E-state index is 12.1. The summed E-state index contributed by atoms with van der Waals surface area (Å²) in [7, 11) is 0. The second kappa shape index (κ2) is 7.33. The zero-order valence-electron chi connectivity index (χ0n) is 22.3. The standard InChI is InChI=1S/C29H44O6/c1-16(30)33-23-15-29(25(2,3)32)34-22-14-21-19-8-7-17-13-18(31)9-11-26(17,4)20(19)10-12-27(21,5)24(22)28(23,6)35-29/h7,18-24,31-32H,8-15H2,1-6H3/t18-,19+,20-,21-,22-,23+,24-,26-,27-,28-,29-/m0/s1. The van der Waals surface area contributed by atoms with Gasteiger partial charge in [0.1, 0.15) is 17.3 Å². The zero-order chi connectivity index (χ0) is 25.2. The van der Waals surface area contributed by atoms with E-state index in [4.69, 9.17) is 14.2 Å². The predicted octanol–water partition coefficient (Wildman–Crippen LogP) is 4.51. The lowest BCUT2D eigenvalue weighted by molar-refractivity contribution is -0.384. The number of aliphatic hydroxyl groups excluding tert-OH is 1. The molecule has 0 spiro atoms. The van der Waals surface area contributed by atoms with Crippen molar-refractivity contribution in [2.75, 3.05) is 0 Å². The lowest BCUT2D eigenvalue weighted by Gasteiger charge is -2.59. The maximum Gasteiger partial charge on any atom is 0.303 e. The Morgan fingerprint density at radius 2 is 1.91 bits per heavy atom. The summed E-state index contributed by atoms with van der Waals surface area (Å²) in [6.07, 6.45) is 9.30. The van der Waals surface area contributed by atoms with Gasteiger partial charge in [-0.15, -0.1) is 0 Å². The Balaban J connectivity index is 1.38. The summed E-state index contributed by atoms with van der Waals surface area (Å²) in [5.74, 6) is 0.336. The highest BCUT2D eigenvalue weighted by atomic mass is 16.8. The van der Waals surface area contributed by atoms with Gasteiger partial charge < -0.3 is 24.4 Å². The van der Waals surface area contributed by atoms with Crippen LogP contribution in [0.15, 0.2) is 11.6 Å². The minimum Gasteiger partial charge on any atom is -0.459 e. The van der Waals surface area contributed by atoms with Gasteiger partial charge in [-0.1, -0.05) is 25.5 Å². The fourth-order valence-electron chi connectivity index (χ4n) is 10.1. The molecule has 6 nitrogen and oxygen atoms in total. The van der Waals surface area contributed by atoms with Gasteiger partial charge in [-0.25, -0.2) is 0 Å². The van der Waals surface area contributed by atoms with Crippen molar-refractivity contribution in [1.82, 2.24) is 0 Å². The van der Waals surface area contributed by atoms with Crippen LogP contribution >= 0.6 is 0 Å². The summed E-state index contributed by atoms with van der Waals surface area (Å²) in [4.78, 5) is 12.1. The van der Waals surface area contributed by atoms with Crippen LogP contribution in [0.1, 0.15) is 92.9 Å². The third-order valence-electron chi connectivity index (χ3n) is 11.8. The van der Waals surface area contributed by atoms with Gasteiger partial charge in [0.05, 0.1) is 12.2 Å². The van der Waals surface area contributed by atoms with Crippen molar-refractivity contribution in [2.24, 2.45) is 34.5 Å². The number of ether oxygens (including phenoxy) is 3. The van der Waals surface area contributed by atoms with Crippen LogP contribution in [0.4, 0.5) is 0 Å². The van der Waals surface area contributed by atoms with Crippen LogP contribution in [0.2, 0.25) is 0 Å². The SMILES string of the molecule is CC(=O)O[C@@H]1C[C@]2(C(C)(C)O)O[C@H]3C[C@H]4[C@@H]5CC=C6C[C@@H](O)CC[C@]6(C)[C@H]5CC[C@]4(C)[C@H]3[C@@]1(C)O2. The van der Waals surface area contributed by atoms with Gasteiger partial charge in [-0.2, -0.15) is 0 Å². The number of carbonyl (C=O) groups is 1. The first kappa shape index (κ1) is 24.4. The number of aliphatic hydroxyl groups is 2. The highest BCUT2D eigenvalue weighted by molar-refractivity contribution is 5.66. The molecule has 0 aromatic carbocycles. The van der Waals surface area contributed by atoms with Crippen LogP contribution in [0.5, 0.6) is 0 Å². The minimum atomic E-state index is -1.22. The van der Waals surface area contributed by atoms with Crippen molar-refractivity contribution < 1.29 is 29.2 Å². The van der Waals surface area contributed by atoms with E-state index in [-0.39, 0.29) is 34.9 Å². The molecule has 5 fully saturated rings. The molecule has 11 atom stereocenters. The number of allylic oxidation sites excluding steroid dienone is 1. The number of rotatable bonds is 2. The average molecular weight is 489 g/mol. The maximum absolute atomic E-state index is 12.1. The van der Waals surface area contributed by atoms with Crippen LogP contribution in [-0.4, -0.2) is 51.5 Å². The van der Waals surface area contributed by atoms with Crippen LogP contribution in [0.3, 0.4) is 0 Å². The van der Waals surface area contributed by atoms with Crippen LogP contribution in [0.25, 0.3) is 0 Å². The van der Waals surface area contributed by atoms with Crippen molar-refractivity contribution in [2.45, 2.75) is 128 Å². The number of carbonyl (C=O) groups excluding carboxylic acids is 1. The van der Waals surface area contributed by atoms with Gasteiger partial charge in [-0.3, -0.25) is 4.79 Å².